The average Bonchev–Trinajstić information content (AvgIpc) is 3.18. The first kappa shape index (κ1) is 22.8. The molecule has 1 aliphatic heterocycles. The lowest BCUT2D eigenvalue weighted by Gasteiger charge is -2.32. The van der Waals surface area contributed by atoms with Gasteiger partial charge in [-0.25, -0.2) is 0 Å². The maximum atomic E-state index is 12.9. The van der Waals surface area contributed by atoms with Crippen LogP contribution in [0.2, 0.25) is 0 Å². The maximum Gasteiger partial charge on any atom is 0.251 e. The summed E-state index contributed by atoms with van der Waals surface area (Å²) < 4.78 is 13.0. The summed E-state index contributed by atoms with van der Waals surface area (Å²) in [6, 6.07) is 12.1. The largest absolute Gasteiger partial charge is 0.496 e. The number of aromatic nitrogens is 1. The molecule has 1 saturated heterocycles. The fourth-order valence-electron chi connectivity index (χ4n) is 4.64. The number of para-hydroxylation sites is 1. The summed E-state index contributed by atoms with van der Waals surface area (Å²) >= 11 is 0. The Kier molecular flexibility index (Phi) is 6.90. The van der Waals surface area contributed by atoms with E-state index in [9.17, 15) is 4.79 Å². The van der Waals surface area contributed by atoms with Crippen molar-refractivity contribution in [2.45, 2.75) is 38.9 Å². The summed E-state index contributed by atoms with van der Waals surface area (Å²) in [5, 5.41) is 4.44. The van der Waals surface area contributed by atoms with E-state index in [0.29, 0.717) is 23.6 Å². The highest BCUT2D eigenvalue weighted by atomic mass is 16.5. The molecule has 1 fully saturated rings. The van der Waals surface area contributed by atoms with Crippen LogP contribution in [-0.2, 0) is 13.1 Å². The number of carbonyl (C=O) groups excluding carboxylic acids is 1. The van der Waals surface area contributed by atoms with E-state index in [1.54, 1.807) is 26.4 Å². The van der Waals surface area contributed by atoms with Gasteiger partial charge in [0.2, 0.25) is 0 Å². The molecule has 2 heterocycles. The molecule has 1 amide bonds. The standard InChI is InChI=1S/C27H31N3O3/c1-5-12-30-18-21(23-8-6-7-9-24(23)30)17-29-13-10-22(11-14-29)28-27(31)20-15-25(32-3)19(2)26(16-20)33-4/h1,6-9,15-16,18,22H,10-14,17H2,2-4H3,(H,28,31). The number of nitrogens with one attached hydrogen (secondary N) is 1. The van der Waals surface area contributed by atoms with Gasteiger partial charge in [0, 0.05) is 53.9 Å². The summed E-state index contributed by atoms with van der Waals surface area (Å²) in [6.07, 6.45) is 9.55. The number of amides is 1. The first-order chi connectivity index (χ1) is 16.0. The number of methoxy groups -OCH3 is 2. The number of hydrogen-bond donors (Lipinski definition) is 1. The zero-order chi connectivity index (χ0) is 23.4. The van der Waals surface area contributed by atoms with E-state index < -0.39 is 0 Å². The summed E-state index contributed by atoms with van der Waals surface area (Å²) in [4.78, 5) is 15.3. The Morgan fingerprint density at radius 1 is 1.15 bits per heavy atom. The van der Waals surface area contributed by atoms with Crippen LogP contribution in [0.15, 0.2) is 42.6 Å². The first-order valence-electron chi connectivity index (χ1n) is 11.3. The molecule has 3 aromatic rings. The highest BCUT2D eigenvalue weighted by Crippen LogP contribution is 2.30. The van der Waals surface area contributed by atoms with Crippen molar-refractivity contribution in [3.05, 3.63) is 59.3 Å². The third kappa shape index (κ3) is 4.84. The van der Waals surface area contributed by atoms with E-state index in [0.717, 1.165) is 38.0 Å². The van der Waals surface area contributed by atoms with Crippen molar-refractivity contribution in [3.8, 4) is 23.8 Å². The zero-order valence-corrected chi connectivity index (χ0v) is 19.6. The number of fused-ring (bicyclic) bond motifs is 1. The van der Waals surface area contributed by atoms with Crippen molar-refractivity contribution >= 4 is 16.8 Å². The third-order valence-electron chi connectivity index (χ3n) is 6.46. The van der Waals surface area contributed by atoms with Crippen molar-refractivity contribution in [3.63, 3.8) is 0 Å². The van der Waals surface area contributed by atoms with Crippen LogP contribution < -0.4 is 14.8 Å². The molecule has 1 aliphatic rings. The Morgan fingerprint density at radius 3 is 2.45 bits per heavy atom. The molecule has 0 bridgehead atoms. The Morgan fingerprint density at radius 2 is 1.82 bits per heavy atom. The molecule has 2 aromatic carbocycles. The predicted molar refractivity (Wildman–Crippen MR) is 131 cm³/mol. The van der Waals surface area contributed by atoms with Gasteiger partial charge >= 0.3 is 0 Å². The minimum Gasteiger partial charge on any atom is -0.496 e. The van der Waals surface area contributed by atoms with E-state index in [2.05, 4.69) is 45.1 Å². The second-order valence-electron chi connectivity index (χ2n) is 8.53. The molecule has 0 radical (unpaired) electrons. The van der Waals surface area contributed by atoms with Gasteiger partial charge in [0.15, 0.2) is 0 Å². The second kappa shape index (κ2) is 10.0. The summed E-state index contributed by atoms with van der Waals surface area (Å²) in [5.41, 5.74) is 3.91. The van der Waals surface area contributed by atoms with Gasteiger partial charge < -0.3 is 19.4 Å². The van der Waals surface area contributed by atoms with Crippen LogP contribution in [0.4, 0.5) is 0 Å². The molecule has 33 heavy (non-hydrogen) atoms. The van der Waals surface area contributed by atoms with Crippen LogP contribution >= 0.6 is 0 Å². The number of benzene rings is 2. The molecular formula is C27H31N3O3. The van der Waals surface area contributed by atoms with Crippen molar-refractivity contribution in [2.24, 2.45) is 0 Å². The fraction of sp³-hybridized carbons (Fsp3) is 0.370. The number of carbonyl (C=O) groups is 1. The van der Waals surface area contributed by atoms with Crippen molar-refractivity contribution in [1.82, 2.24) is 14.8 Å². The molecule has 6 nitrogen and oxygen atoms in total. The zero-order valence-electron chi connectivity index (χ0n) is 19.6. The molecule has 0 spiro atoms. The number of nitrogens with zero attached hydrogens (tertiary/aromatic N) is 2. The predicted octanol–water partition coefficient (Wildman–Crippen LogP) is 3.99. The first-order valence-corrected chi connectivity index (χ1v) is 11.3. The molecule has 1 N–H and O–H groups in total. The molecule has 0 aliphatic carbocycles. The monoisotopic (exact) mass is 445 g/mol. The minimum atomic E-state index is -0.0950. The Hall–Kier alpha value is -3.43. The van der Waals surface area contributed by atoms with Gasteiger partial charge in [-0.3, -0.25) is 9.69 Å². The molecule has 6 heteroatoms. The van der Waals surface area contributed by atoms with E-state index in [1.165, 1.54) is 16.5 Å². The summed E-state index contributed by atoms with van der Waals surface area (Å²) in [5.74, 6) is 3.95. The Bertz CT molecular complexity index is 1160. The third-order valence-corrected chi connectivity index (χ3v) is 6.46. The van der Waals surface area contributed by atoms with E-state index in [1.807, 2.05) is 13.0 Å². The quantitative estimate of drug-likeness (QED) is 0.559. The highest BCUT2D eigenvalue weighted by molar-refractivity contribution is 5.95. The summed E-state index contributed by atoms with van der Waals surface area (Å²) in [7, 11) is 3.20. The van der Waals surface area contributed by atoms with E-state index in [4.69, 9.17) is 15.9 Å². The molecule has 172 valence electrons. The average molecular weight is 446 g/mol. The number of likely N-dealkylation sites (tertiary alicyclic amines) is 1. The van der Waals surface area contributed by atoms with Gasteiger partial charge in [-0.05, 0) is 43.5 Å². The van der Waals surface area contributed by atoms with Gasteiger partial charge in [0.1, 0.15) is 11.5 Å². The van der Waals surface area contributed by atoms with Crippen LogP contribution in [0, 0.1) is 19.3 Å². The number of hydrogen-bond acceptors (Lipinski definition) is 4. The van der Waals surface area contributed by atoms with Crippen molar-refractivity contribution in [2.75, 3.05) is 27.3 Å². The van der Waals surface area contributed by atoms with Crippen molar-refractivity contribution < 1.29 is 14.3 Å². The molecular weight excluding hydrogens is 414 g/mol. The molecule has 1 aromatic heterocycles. The smallest absolute Gasteiger partial charge is 0.251 e. The number of piperidine rings is 1. The van der Waals surface area contributed by atoms with Gasteiger partial charge in [0.25, 0.3) is 5.91 Å². The van der Waals surface area contributed by atoms with E-state index in [-0.39, 0.29) is 11.9 Å². The topological polar surface area (TPSA) is 55.7 Å². The van der Waals surface area contributed by atoms with Crippen LogP contribution in [-0.4, -0.2) is 48.7 Å². The minimum absolute atomic E-state index is 0.0950. The SMILES string of the molecule is C#CCn1cc(CN2CCC(NC(=O)c3cc(OC)c(C)c(OC)c3)CC2)c2ccccc21. The van der Waals surface area contributed by atoms with Crippen LogP contribution in [0.3, 0.4) is 0 Å². The van der Waals surface area contributed by atoms with Gasteiger partial charge in [-0.2, -0.15) is 0 Å². The number of terminal acetylenes is 1. The normalized spacial score (nSPS) is 14.7. The fourth-order valence-corrected chi connectivity index (χ4v) is 4.64. The van der Waals surface area contributed by atoms with E-state index >= 15 is 0 Å². The molecule has 0 atom stereocenters. The number of ether oxygens (including phenoxy) is 2. The second-order valence-corrected chi connectivity index (χ2v) is 8.53. The van der Waals surface area contributed by atoms with Gasteiger partial charge in [0.05, 0.1) is 20.8 Å². The summed E-state index contributed by atoms with van der Waals surface area (Å²) in [6.45, 7) is 5.23. The van der Waals surface area contributed by atoms with Gasteiger partial charge in [-0.1, -0.05) is 24.1 Å². The molecule has 0 unspecified atom stereocenters. The lowest BCUT2D eigenvalue weighted by Crippen LogP contribution is -2.44. The Balaban J connectivity index is 1.38. The maximum absolute atomic E-state index is 12.9. The van der Waals surface area contributed by atoms with Crippen LogP contribution in [0.25, 0.3) is 10.9 Å². The molecule has 0 saturated carbocycles. The Labute approximate surface area is 195 Å². The van der Waals surface area contributed by atoms with Crippen molar-refractivity contribution in [1.29, 1.82) is 0 Å². The van der Waals surface area contributed by atoms with Gasteiger partial charge in [-0.15, -0.1) is 6.42 Å². The van der Waals surface area contributed by atoms with Crippen LogP contribution in [0.5, 0.6) is 11.5 Å². The lowest BCUT2D eigenvalue weighted by atomic mass is 10.0. The lowest BCUT2D eigenvalue weighted by molar-refractivity contribution is 0.0908. The molecule has 4 rings (SSSR count). The highest BCUT2D eigenvalue weighted by Gasteiger charge is 2.23. The number of rotatable bonds is 7. The van der Waals surface area contributed by atoms with Crippen LogP contribution in [0.1, 0.15) is 34.3 Å².